The Morgan fingerprint density at radius 2 is 1.75 bits per heavy atom. The Bertz CT molecular complexity index is 1190. The van der Waals surface area contributed by atoms with Gasteiger partial charge in [0.1, 0.15) is 17.9 Å². The predicted octanol–water partition coefficient (Wildman–Crippen LogP) is 3.67. The third-order valence-electron chi connectivity index (χ3n) is 4.77. The molecule has 0 spiro atoms. The first-order valence-corrected chi connectivity index (χ1v) is 10.3. The summed E-state index contributed by atoms with van der Waals surface area (Å²) in [5.74, 6) is 0.136. The molecule has 2 aromatic carbocycles. The van der Waals surface area contributed by atoms with Crippen LogP contribution in [-0.2, 0) is 11.4 Å². The lowest BCUT2D eigenvalue weighted by Gasteiger charge is -2.23. The van der Waals surface area contributed by atoms with E-state index < -0.39 is 5.63 Å². The average Bonchev–Trinajstić information content (AvgIpc) is 2.70. The molecule has 0 aliphatic heterocycles. The van der Waals surface area contributed by atoms with Crippen LogP contribution in [0.1, 0.15) is 42.3 Å². The third kappa shape index (κ3) is 5.97. The standard InChI is InChI=1S/C25H28N2O5/c1-16-12-23(29)32-21-13-19(10-11-20(16)21)31-15-17-6-8-18(9-7-17)24(30)27(5)14-22(28)26-25(2,3)4/h6-13H,14-15H2,1-5H3,(H,26,28). The van der Waals surface area contributed by atoms with E-state index in [-0.39, 0.29) is 23.9 Å². The molecule has 0 bridgehead atoms. The Hall–Kier alpha value is -3.61. The fourth-order valence-electron chi connectivity index (χ4n) is 3.27. The first-order chi connectivity index (χ1) is 15.0. The van der Waals surface area contributed by atoms with Gasteiger partial charge in [0.25, 0.3) is 5.91 Å². The van der Waals surface area contributed by atoms with Gasteiger partial charge in [0.2, 0.25) is 5.91 Å². The van der Waals surface area contributed by atoms with Gasteiger partial charge in [0.05, 0.1) is 6.54 Å². The number of rotatable bonds is 6. The van der Waals surface area contributed by atoms with Gasteiger partial charge >= 0.3 is 5.63 Å². The molecule has 0 fully saturated rings. The molecule has 168 valence electrons. The minimum atomic E-state index is -0.395. The summed E-state index contributed by atoms with van der Waals surface area (Å²) < 4.78 is 11.1. The Balaban J connectivity index is 1.61. The normalized spacial score (nSPS) is 11.3. The van der Waals surface area contributed by atoms with Gasteiger partial charge in [0, 0.05) is 35.7 Å². The maximum Gasteiger partial charge on any atom is 0.336 e. The van der Waals surface area contributed by atoms with Gasteiger partial charge in [-0.2, -0.15) is 0 Å². The van der Waals surface area contributed by atoms with Gasteiger partial charge in [-0.3, -0.25) is 9.59 Å². The first kappa shape index (κ1) is 23.1. The van der Waals surface area contributed by atoms with Crippen LogP contribution >= 0.6 is 0 Å². The molecule has 1 aromatic heterocycles. The van der Waals surface area contributed by atoms with Crippen molar-refractivity contribution in [1.29, 1.82) is 0 Å². The monoisotopic (exact) mass is 436 g/mol. The highest BCUT2D eigenvalue weighted by Crippen LogP contribution is 2.23. The molecule has 3 rings (SSSR count). The van der Waals surface area contributed by atoms with Gasteiger partial charge in [-0.15, -0.1) is 0 Å². The number of hydrogen-bond donors (Lipinski definition) is 1. The molecule has 3 aromatic rings. The predicted molar refractivity (Wildman–Crippen MR) is 123 cm³/mol. The maximum atomic E-state index is 12.6. The number of nitrogens with one attached hydrogen (secondary N) is 1. The van der Waals surface area contributed by atoms with Gasteiger partial charge < -0.3 is 19.4 Å². The topological polar surface area (TPSA) is 88.8 Å². The molecule has 0 saturated carbocycles. The van der Waals surface area contributed by atoms with E-state index in [1.807, 2.05) is 52.0 Å². The van der Waals surface area contributed by atoms with Crippen LogP contribution in [0.2, 0.25) is 0 Å². The molecular formula is C25H28N2O5. The summed E-state index contributed by atoms with van der Waals surface area (Å²) in [6.07, 6.45) is 0. The van der Waals surface area contributed by atoms with Crippen molar-refractivity contribution in [3.05, 3.63) is 75.6 Å². The number of aryl methyl sites for hydroxylation is 1. The quantitative estimate of drug-likeness (QED) is 0.596. The second kappa shape index (κ2) is 9.26. The summed E-state index contributed by atoms with van der Waals surface area (Å²) in [4.78, 5) is 37.6. The zero-order valence-corrected chi connectivity index (χ0v) is 19.0. The molecular weight excluding hydrogens is 408 g/mol. The lowest BCUT2D eigenvalue weighted by Crippen LogP contribution is -2.46. The van der Waals surface area contributed by atoms with Crippen LogP contribution in [0, 0.1) is 6.92 Å². The van der Waals surface area contributed by atoms with Crippen molar-refractivity contribution < 1.29 is 18.7 Å². The zero-order valence-electron chi connectivity index (χ0n) is 19.0. The van der Waals surface area contributed by atoms with E-state index in [9.17, 15) is 14.4 Å². The largest absolute Gasteiger partial charge is 0.489 e. The number of carbonyl (C=O) groups excluding carboxylic acids is 2. The molecule has 7 heteroatoms. The van der Waals surface area contributed by atoms with Crippen molar-refractivity contribution in [2.45, 2.75) is 39.8 Å². The van der Waals surface area contributed by atoms with Crippen molar-refractivity contribution >= 4 is 22.8 Å². The van der Waals surface area contributed by atoms with E-state index in [0.29, 0.717) is 23.5 Å². The first-order valence-electron chi connectivity index (χ1n) is 10.3. The van der Waals surface area contributed by atoms with Crippen LogP contribution in [0.25, 0.3) is 11.0 Å². The Kier molecular flexibility index (Phi) is 6.67. The molecule has 0 unspecified atom stereocenters. The minimum Gasteiger partial charge on any atom is -0.489 e. The van der Waals surface area contributed by atoms with Gasteiger partial charge in [-0.05, 0) is 63.1 Å². The lowest BCUT2D eigenvalue weighted by molar-refractivity contribution is -0.122. The van der Waals surface area contributed by atoms with E-state index in [4.69, 9.17) is 9.15 Å². The minimum absolute atomic E-state index is 0.0153. The number of ether oxygens (including phenoxy) is 1. The second-order valence-corrected chi connectivity index (χ2v) is 8.85. The van der Waals surface area contributed by atoms with Crippen LogP contribution in [0.3, 0.4) is 0 Å². The molecule has 0 aliphatic carbocycles. The zero-order chi connectivity index (χ0) is 23.5. The van der Waals surface area contributed by atoms with E-state index >= 15 is 0 Å². The van der Waals surface area contributed by atoms with E-state index in [2.05, 4.69) is 5.32 Å². The number of amides is 2. The Morgan fingerprint density at radius 1 is 1.06 bits per heavy atom. The number of benzene rings is 2. The molecule has 0 saturated heterocycles. The smallest absolute Gasteiger partial charge is 0.336 e. The van der Waals surface area contributed by atoms with Gasteiger partial charge in [-0.25, -0.2) is 4.79 Å². The summed E-state index contributed by atoms with van der Waals surface area (Å²) in [5.41, 5.74) is 1.95. The molecule has 32 heavy (non-hydrogen) atoms. The van der Waals surface area contributed by atoms with Crippen LogP contribution in [0.4, 0.5) is 0 Å². The summed E-state index contributed by atoms with van der Waals surface area (Å²) in [6, 6.07) is 13.9. The van der Waals surface area contributed by atoms with Crippen molar-refractivity contribution in [1.82, 2.24) is 10.2 Å². The van der Waals surface area contributed by atoms with Crippen molar-refractivity contribution in [3.8, 4) is 5.75 Å². The lowest BCUT2D eigenvalue weighted by atomic mass is 10.1. The Labute approximate surface area is 187 Å². The van der Waals surface area contributed by atoms with E-state index in [0.717, 1.165) is 16.5 Å². The van der Waals surface area contributed by atoms with Crippen LogP contribution in [-0.4, -0.2) is 35.8 Å². The number of hydrogen-bond acceptors (Lipinski definition) is 5. The molecule has 1 heterocycles. The Morgan fingerprint density at radius 3 is 2.41 bits per heavy atom. The van der Waals surface area contributed by atoms with E-state index in [1.165, 1.54) is 11.0 Å². The van der Waals surface area contributed by atoms with Gasteiger partial charge in [0.15, 0.2) is 0 Å². The summed E-state index contributed by atoms with van der Waals surface area (Å²) in [7, 11) is 1.60. The fraction of sp³-hybridized carbons (Fsp3) is 0.320. The summed E-state index contributed by atoms with van der Waals surface area (Å²) in [5, 5.41) is 3.70. The van der Waals surface area contributed by atoms with Crippen molar-refractivity contribution in [2.24, 2.45) is 0 Å². The summed E-state index contributed by atoms with van der Waals surface area (Å²) in [6.45, 7) is 7.81. The van der Waals surface area contributed by atoms with Crippen LogP contribution < -0.4 is 15.7 Å². The van der Waals surface area contributed by atoms with Crippen LogP contribution in [0.5, 0.6) is 5.75 Å². The second-order valence-electron chi connectivity index (χ2n) is 8.85. The number of nitrogens with zero attached hydrogens (tertiary/aromatic N) is 1. The molecule has 1 N–H and O–H groups in total. The van der Waals surface area contributed by atoms with E-state index in [1.54, 1.807) is 25.2 Å². The van der Waals surface area contributed by atoms with Crippen molar-refractivity contribution in [2.75, 3.05) is 13.6 Å². The molecule has 0 radical (unpaired) electrons. The van der Waals surface area contributed by atoms with Crippen LogP contribution in [0.15, 0.2) is 57.7 Å². The number of carbonyl (C=O) groups is 2. The number of likely N-dealkylation sites (N-methyl/N-ethyl adjacent to an activating group) is 1. The average molecular weight is 437 g/mol. The highest BCUT2D eigenvalue weighted by Gasteiger charge is 2.18. The third-order valence-corrected chi connectivity index (χ3v) is 4.77. The van der Waals surface area contributed by atoms with Crippen molar-refractivity contribution in [3.63, 3.8) is 0 Å². The van der Waals surface area contributed by atoms with Gasteiger partial charge in [-0.1, -0.05) is 12.1 Å². The SMILES string of the molecule is Cc1cc(=O)oc2cc(OCc3ccc(C(=O)N(C)CC(=O)NC(C)(C)C)cc3)ccc12. The highest BCUT2D eigenvalue weighted by atomic mass is 16.5. The number of fused-ring (bicyclic) bond motifs is 1. The summed E-state index contributed by atoms with van der Waals surface area (Å²) >= 11 is 0. The molecule has 0 atom stereocenters. The highest BCUT2D eigenvalue weighted by molar-refractivity contribution is 5.96. The maximum absolute atomic E-state index is 12.6. The molecule has 7 nitrogen and oxygen atoms in total. The fourth-order valence-corrected chi connectivity index (χ4v) is 3.27. The molecule has 0 aliphatic rings. The molecule has 2 amide bonds.